The highest BCUT2D eigenvalue weighted by atomic mass is 32.2. The average Bonchev–Trinajstić information content (AvgIpc) is 2.72. The van der Waals surface area contributed by atoms with Crippen molar-refractivity contribution in [3.8, 4) is 0 Å². The van der Waals surface area contributed by atoms with Gasteiger partial charge in [0.25, 0.3) is 11.8 Å². The molecule has 2 amide bonds. The number of halogens is 7. The molecule has 192 valence electrons. The molecule has 0 saturated carbocycles. The summed E-state index contributed by atoms with van der Waals surface area (Å²) in [7, 11) is 0. The number of hydrogen-bond acceptors (Lipinski definition) is 3. The second kappa shape index (κ2) is 10.1. The van der Waals surface area contributed by atoms with E-state index in [0.717, 1.165) is 13.0 Å². The number of thioether (sulfide) groups is 1. The Morgan fingerprint density at radius 3 is 1.83 bits per heavy atom. The lowest BCUT2D eigenvalue weighted by Crippen LogP contribution is -2.50. The van der Waals surface area contributed by atoms with Crippen molar-refractivity contribution >= 4 is 29.3 Å². The molecule has 0 fully saturated rings. The molecule has 12 heteroatoms. The fraction of sp³-hybridized carbons (Fsp3) is 0.391. The van der Waals surface area contributed by atoms with Gasteiger partial charge in [-0.25, -0.2) is 4.39 Å². The molecule has 2 aromatic rings. The Kier molecular flexibility index (Phi) is 8.20. The van der Waals surface area contributed by atoms with Crippen LogP contribution >= 0.6 is 11.8 Å². The molecular formula is C23H23F7N2O2S. The van der Waals surface area contributed by atoms with Crippen molar-refractivity contribution in [3.63, 3.8) is 0 Å². The van der Waals surface area contributed by atoms with E-state index in [1.807, 2.05) is 6.26 Å². The van der Waals surface area contributed by atoms with Crippen LogP contribution in [0.1, 0.15) is 45.7 Å². The second-order valence-electron chi connectivity index (χ2n) is 8.45. The summed E-state index contributed by atoms with van der Waals surface area (Å²) in [6.45, 7) is 4.71. The van der Waals surface area contributed by atoms with Gasteiger partial charge in [-0.3, -0.25) is 9.59 Å². The van der Waals surface area contributed by atoms with Crippen LogP contribution in [0.15, 0.2) is 42.5 Å². The maximum atomic E-state index is 14.3. The Morgan fingerprint density at radius 2 is 1.37 bits per heavy atom. The van der Waals surface area contributed by atoms with E-state index in [0.29, 0.717) is 17.9 Å². The molecule has 4 nitrogen and oxygen atoms in total. The highest BCUT2D eigenvalue weighted by Gasteiger charge is 2.73. The Balaban J connectivity index is 2.37. The molecule has 0 atom stereocenters. The summed E-state index contributed by atoms with van der Waals surface area (Å²) in [5.41, 5.74) is -8.28. The number of nitrogens with one attached hydrogen (secondary N) is 2. The van der Waals surface area contributed by atoms with Crippen LogP contribution in [0.25, 0.3) is 0 Å². The van der Waals surface area contributed by atoms with Gasteiger partial charge in [0, 0.05) is 22.5 Å². The molecule has 0 aliphatic rings. The first kappa shape index (κ1) is 28.5. The maximum Gasteiger partial charge on any atom is 0.435 e. The zero-order chi connectivity index (χ0) is 26.8. The molecule has 0 unspecified atom stereocenters. The molecule has 0 aliphatic carbocycles. The summed E-state index contributed by atoms with van der Waals surface area (Å²) in [5.74, 6) is -0.781. The van der Waals surface area contributed by atoms with E-state index in [9.17, 15) is 40.3 Å². The lowest BCUT2D eigenvalue weighted by atomic mass is 9.92. The minimum Gasteiger partial charge on any atom is -0.346 e. The van der Waals surface area contributed by atoms with Crippen LogP contribution in [-0.2, 0) is 5.67 Å². The summed E-state index contributed by atoms with van der Waals surface area (Å²) in [6.07, 6.45) is -10.6. The van der Waals surface area contributed by atoms with Gasteiger partial charge >= 0.3 is 18.0 Å². The Hall–Kier alpha value is -2.76. The number of anilines is 1. The Bertz CT molecular complexity index is 1080. The first-order valence-corrected chi connectivity index (χ1v) is 11.5. The zero-order valence-electron chi connectivity index (χ0n) is 19.1. The molecule has 0 spiro atoms. The Labute approximate surface area is 201 Å². The van der Waals surface area contributed by atoms with E-state index in [1.54, 1.807) is 13.8 Å². The van der Waals surface area contributed by atoms with Crippen LogP contribution in [0.5, 0.6) is 0 Å². The predicted octanol–water partition coefficient (Wildman–Crippen LogP) is 6.41. The van der Waals surface area contributed by atoms with Crippen molar-refractivity contribution in [3.05, 3.63) is 64.7 Å². The maximum absolute atomic E-state index is 14.3. The van der Waals surface area contributed by atoms with Gasteiger partial charge in [0.1, 0.15) is 0 Å². The molecule has 2 rings (SSSR count). The smallest absolute Gasteiger partial charge is 0.346 e. The highest BCUT2D eigenvalue weighted by Crippen LogP contribution is 2.53. The van der Waals surface area contributed by atoms with Crippen molar-refractivity contribution in [2.45, 2.75) is 44.3 Å². The van der Waals surface area contributed by atoms with Gasteiger partial charge in [0.15, 0.2) is 0 Å². The summed E-state index contributed by atoms with van der Waals surface area (Å²) in [6, 6.07) is 7.20. The highest BCUT2D eigenvalue weighted by molar-refractivity contribution is 7.98. The van der Waals surface area contributed by atoms with Gasteiger partial charge in [-0.2, -0.15) is 38.1 Å². The second-order valence-corrected chi connectivity index (χ2v) is 9.32. The van der Waals surface area contributed by atoms with Gasteiger partial charge in [0.2, 0.25) is 0 Å². The van der Waals surface area contributed by atoms with Gasteiger partial charge < -0.3 is 10.6 Å². The molecule has 0 radical (unpaired) electrons. The third-order valence-electron chi connectivity index (χ3n) is 5.03. The number of carbonyl (C=O) groups excluding carboxylic acids is 2. The van der Waals surface area contributed by atoms with Crippen molar-refractivity contribution < 1.29 is 40.3 Å². The number of alkyl halides is 7. The molecule has 35 heavy (non-hydrogen) atoms. The lowest BCUT2D eigenvalue weighted by Gasteiger charge is -2.30. The van der Waals surface area contributed by atoms with E-state index in [4.69, 9.17) is 0 Å². The minimum absolute atomic E-state index is 0.0189. The first-order chi connectivity index (χ1) is 15.9. The number of rotatable bonds is 7. The topological polar surface area (TPSA) is 58.2 Å². The Morgan fingerprint density at radius 1 is 0.857 bits per heavy atom. The molecule has 0 aromatic heterocycles. The lowest BCUT2D eigenvalue weighted by molar-refractivity contribution is -0.348. The number of benzene rings is 2. The van der Waals surface area contributed by atoms with E-state index in [1.165, 1.54) is 36.0 Å². The third kappa shape index (κ3) is 6.09. The summed E-state index contributed by atoms with van der Waals surface area (Å²) >= 11 is 1.50. The number of amides is 2. The number of carbonyl (C=O) groups is 2. The van der Waals surface area contributed by atoms with E-state index in [2.05, 4.69) is 10.6 Å². The summed E-state index contributed by atoms with van der Waals surface area (Å²) < 4.78 is 92.5. The predicted molar refractivity (Wildman–Crippen MR) is 120 cm³/mol. The first-order valence-electron chi connectivity index (χ1n) is 10.1. The minimum atomic E-state index is -6.25. The number of hydrogen-bond donors (Lipinski definition) is 2. The molecule has 0 saturated heterocycles. The molecular weight excluding hydrogens is 501 g/mol. The normalized spacial score (nSPS) is 12.9. The summed E-state index contributed by atoms with van der Waals surface area (Å²) in [4.78, 5) is 25.6. The quantitative estimate of drug-likeness (QED) is 0.412. The molecule has 2 aromatic carbocycles. The monoisotopic (exact) mass is 524 g/mol. The van der Waals surface area contributed by atoms with Crippen LogP contribution in [0, 0.1) is 6.92 Å². The van der Waals surface area contributed by atoms with E-state index in [-0.39, 0.29) is 22.4 Å². The van der Waals surface area contributed by atoms with E-state index >= 15 is 0 Å². The van der Waals surface area contributed by atoms with Gasteiger partial charge in [-0.1, -0.05) is 24.3 Å². The molecule has 2 N–H and O–H groups in total. The van der Waals surface area contributed by atoms with Gasteiger partial charge in [0.05, 0.1) is 11.1 Å². The van der Waals surface area contributed by atoms with E-state index < -0.39 is 40.9 Å². The standard InChI is InChI=1S/C23H23F7N2O2S/c1-13-11-14(21(24,22(25,26)27)23(28,29)30)9-10-17(13)31-18(33)15-7-5-6-8-16(15)19(34)32-20(2,3)12-35-4/h5-11H,12H2,1-4H3,(H,31,33)(H,32,34). The van der Waals surface area contributed by atoms with Crippen LogP contribution in [0.3, 0.4) is 0 Å². The van der Waals surface area contributed by atoms with Gasteiger partial charge in [-0.05, 0) is 50.8 Å². The van der Waals surface area contributed by atoms with Crippen LogP contribution in [0.4, 0.5) is 36.4 Å². The van der Waals surface area contributed by atoms with Crippen LogP contribution in [0.2, 0.25) is 0 Å². The fourth-order valence-corrected chi connectivity index (χ4v) is 4.14. The molecule has 0 aliphatic heterocycles. The average molecular weight is 525 g/mol. The van der Waals surface area contributed by atoms with Crippen LogP contribution in [-0.4, -0.2) is 41.7 Å². The summed E-state index contributed by atoms with van der Waals surface area (Å²) in [5, 5.41) is 5.16. The fourth-order valence-electron chi connectivity index (χ4n) is 3.35. The number of aryl methyl sites for hydroxylation is 1. The van der Waals surface area contributed by atoms with Crippen molar-refractivity contribution in [1.82, 2.24) is 5.32 Å². The SMILES string of the molecule is CSCC(C)(C)NC(=O)c1ccccc1C(=O)Nc1ccc(C(F)(C(F)(F)F)C(F)(F)F)cc1C. The van der Waals surface area contributed by atoms with Crippen molar-refractivity contribution in [2.24, 2.45) is 0 Å². The zero-order valence-corrected chi connectivity index (χ0v) is 19.9. The van der Waals surface area contributed by atoms with Crippen LogP contribution < -0.4 is 10.6 Å². The van der Waals surface area contributed by atoms with Gasteiger partial charge in [-0.15, -0.1) is 0 Å². The van der Waals surface area contributed by atoms with Crippen molar-refractivity contribution in [1.29, 1.82) is 0 Å². The molecule has 0 heterocycles. The third-order valence-corrected chi connectivity index (χ3v) is 6.04. The van der Waals surface area contributed by atoms with Crippen molar-refractivity contribution in [2.75, 3.05) is 17.3 Å². The molecule has 0 bridgehead atoms. The largest absolute Gasteiger partial charge is 0.435 e.